The molecule has 0 saturated heterocycles. The average molecular weight is 554 g/mol. The number of benzene rings is 3. The molecule has 0 aliphatic heterocycles. The highest BCUT2D eigenvalue weighted by atomic mass is 79.9. The molecule has 178 valence electrons. The van der Waals surface area contributed by atoms with Gasteiger partial charge < -0.3 is 0 Å². The van der Waals surface area contributed by atoms with Crippen molar-refractivity contribution in [1.29, 1.82) is 0 Å². The summed E-state index contributed by atoms with van der Waals surface area (Å²) in [5, 5.41) is 12.6. The Bertz CT molecular complexity index is 1700. The van der Waals surface area contributed by atoms with Crippen molar-refractivity contribution in [1.82, 2.24) is 10.2 Å². The fraction of sp³-hybridized carbons (Fsp3) is 0.161. The summed E-state index contributed by atoms with van der Waals surface area (Å²) < 4.78 is 1.24. The number of nitrogens with zero attached hydrogens (tertiary/aromatic N) is 1. The molecule has 2 heterocycles. The highest BCUT2D eigenvalue weighted by Gasteiger charge is 2.22. The van der Waals surface area contributed by atoms with E-state index in [-0.39, 0.29) is 5.56 Å². The molecule has 7 rings (SSSR count). The maximum Gasteiger partial charge on any atom is 0.272 e. The van der Waals surface area contributed by atoms with Gasteiger partial charge in [0.2, 0.25) is 0 Å². The lowest BCUT2D eigenvalue weighted by atomic mass is 9.78. The summed E-state index contributed by atoms with van der Waals surface area (Å²) >= 11 is 5.54. The summed E-state index contributed by atoms with van der Waals surface area (Å²) in [5.74, 6) is 0. The molecule has 36 heavy (non-hydrogen) atoms. The molecular formula is C31H25BrN2OS. The van der Waals surface area contributed by atoms with Crippen LogP contribution in [0.5, 0.6) is 0 Å². The fourth-order valence-electron chi connectivity index (χ4n) is 5.38. The van der Waals surface area contributed by atoms with Crippen molar-refractivity contribution in [2.75, 3.05) is 0 Å². The summed E-state index contributed by atoms with van der Waals surface area (Å²) in [7, 11) is 0. The molecule has 3 aromatic carbocycles. The van der Waals surface area contributed by atoms with E-state index >= 15 is 0 Å². The van der Waals surface area contributed by atoms with Gasteiger partial charge in [0.25, 0.3) is 5.56 Å². The van der Waals surface area contributed by atoms with Crippen molar-refractivity contribution in [3.8, 4) is 0 Å². The molecule has 2 aliphatic carbocycles. The molecule has 0 atom stereocenters. The third-order valence-electron chi connectivity index (χ3n) is 7.10. The zero-order chi connectivity index (χ0) is 24.5. The Hall–Kier alpha value is -3.28. The number of fused-ring (bicyclic) bond motifs is 5. The van der Waals surface area contributed by atoms with Gasteiger partial charge in [0, 0.05) is 26.5 Å². The Kier molecular flexibility index (Phi) is 6.43. The van der Waals surface area contributed by atoms with Crippen molar-refractivity contribution < 1.29 is 0 Å². The molecule has 0 fully saturated rings. The Morgan fingerprint density at radius 1 is 0.944 bits per heavy atom. The van der Waals surface area contributed by atoms with Crippen LogP contribution in [-0.4, -0.2) is 10.2 Å². The molecule has 1 N–H and O–H groups in total. The summed E-state index contributed by atoms with van der Waals surface area (Å²) in [6.07, 6.45) is 12.2. The fourth-order valence-corrected chi connectivity index (χ4v) is 6.90. The van der Waals surface area contributed by atoms with E-state index in [0.717, 1.165) is 11.8 Å². The molecular weight excluding hydrogens is 528 g/mol. The van der Waals surface area contributed by atoms with E-state index in [9.17, 15) is 4.79 Å². The third-order valence-corrected chi connectivity index (χ3v) is 9.03. The zero-order valence-corrected chi connectivity index (χ0v) is 22.2. The van der Waals surface area contributed by atoms with Gasteiger partial charge >= 0.3 is 0 Å². The van der Waals surface area contributed by atoms with E-state index in [0.29, 0.717) is 5.39 Å². The highest BCUT2D eigenvalue weighted by molar-refractivity contribution is 9.10. The first-order valence-electron chi connectivity index (χ1n) is 12.3. The lowest BCUT2D eigenvalue weighted by Crippen LogP contribution is -2.08. The second-order valence-electron chi connectivity index (χ2n) is 9.22. The van der Waals surface area contributed by atoms with Gasteiger partial charge in [0.05, 0.1) is 6.20 Å². The van der Waals surface area contributed by atoms with Gasteiger partial charge in [-0.3, -0.25) is 4.79 Å². The zero-order valence-electron chi connectivity index (χ0n) is 19.8. The number of rotatable bonds is 2. The van der Waals surface area contributed by atoms with Crippen molar-refractivity contribution in [3.05, 3.63) is 126 Å². The monoisotopic (exact) mass is 552 g/mol. The SMILES string of the molecule is Brc1ccsc1Cc1cccc2ccc3c(c12)CCC1=C3C=CCC1.O=c1[nH]ncc2ccccc12. The molecule has 5 heteroatoms. The van der Waals surface area contributed by atoms with E-state index in [1.54, 1.807) is 23.4 Å². The molecule has 0 spiro atoms. The number of aryl methyl sites for hydroxylation is 1. The van der Waals surface area contributed by atoms with Crippen molar-refractivity contribution in [2.24, 2.45) is 0 Å². The van der Waals surface area contributed by atoms with E-state index in [4.69, 9.17) is 0 Å². The second-order valence-corrected chi connectivity index (χ2v) is 11.1. The normalized spacial score (nSPS) is 14.4. The predicted octanol–water partition coefficient (Wildman–Crippen LogP) is 8.23. The van der Waals surface area contributed by atoms with Crippen molar-refractivity contribution >= 4 is 54.4 Å². The van der Waals surface area contributed by atoms with Gasteiger partial charge in [-0.1, -0.05) is 66.3 Å². The first-order valence-corrected chi connectivity index (χ1v) is 13.9. The molecule has 0 saturated carbocycles. The number of nitrogens with one attached hydrogen (secondary N) is 1. The lowest BCUT2D eigenvalue weighted by molar-refractivity contribution is 0.830. The van der Waals surface area contributed by atoms with Gasteiger partial charge in [0.15, 0.2) is 0 Å². The molecule has 0 bridgehead atoms. The van der Waals surface area contributed by atoms with E-state index < -0.39 is 0 Å². The topological polar surface area (TPSA) is 45.8 Å². The van der Waals surface area contributed by atoms with Gasteiger partial charge in [-0.2, -0.15) is 5.10 Å². The predicted molar refractivity (Wildman–Crippen MR) is 155 cm³/mol. The Balaban J connectivity index is 0.000000183. The molecule has 0 unspecified atom stereocenters. The van der Waals surface area contributed by atoms with Crippen LogP contribution in [0.2, 0.25) is 0 Å². The van der Waals surface area contributed by atoms with Crippen LogP contribution in [0.4, 0.5) is 0 Å². The Morgan fingerprint density at radius 3 is 2.69 bits per heavy atom. The number of hydrogen-bond donors (Lipinski definition) is 1. The average Bonchev–Trinajstić information content (AvgIpc) is 3.33. The van der Waals surface area contributed by atoms with Crippen LogP contribution in [0.15, 0.2) is 99.2 Å². The molecule has 2 aliphatic rings. The summed E-state index contributed by atoms with van der Waals surface area (Å²) in [5.41, 5.74) is 7.52. The van der Waals surface area contributed by atoms with Crippen LogP contribution in [0.1, 0.15) is 40.8 Å². The van der Waals surface area contributed by atoms with Crippen LogP contribution in [0, 0.1) is 0 Å². The van der Waals surface area contributed by atoms with Crippen LogP contribution in [0.25, 0.3) is 27.1 Å². The quantitative estimate of drug-likeness (QED) is 0.239. The highest BCUT2D eigenvalue weighted by Crippen LogP contribution is 2.41. The largest absolute Gasteiger partial charge is 0.272 e. The van der Waals surface area contributed by atoms with Gasteiger partial charge in [-0.15, -0.1) is 11.3 Å². The number of aromatic amines is 1. The number of allylic oxidation sites excluding steroid dienone is 4. The third kappa shape index (κ3) is 4.38. The number of aromatic nitrogens is 2. The standard InChI is InChI=1S/C23H19BrS.C8H6N2O/c24-21-12-13-25-22(21)14-17-6-3-5-16-9-10-19-18-7-2-1-4-15(18)8-11-20(19)23(16)17;11-8-7-4-2-1-3-6(7)5-9-10-8/h2-3,5-7,9-10,12-13H,1,4,8,11,14H2;1-5H,(H,10,11). The first kappa shape index (κ1) is 23.1. The van der Waals surface area contributed by atoms with Crippen molar-refractivity contribution in [3.63, 3.8) is 0 Å². The molecule has 3 nitrogen and oxygen atoms in total. The number of thiophene rings is 1. The van der Waals surface area contributed by atoms with Crippen LogP contribution in [0.3, 0.4) is 0 Å². The molecule has 0 amide bonds. The van der Waals surface area contributed by atoms with Gasteiger partial charge in [-0.25, -0.2) is 5.10 Å². The maximum absolute atomic E-state index is 11.1. The number of halogens is 1. The molecule has 0 radical (unpaired) electrons. The Labute approximate surface area is 222 Å². The summed E-state index contributed by atoms with van der Waals surface area (Å²) in [6.45, 7) is 0. The minimum Gasteiger partial charge on any atom is -0.267 e. The minimum atomic E-state index is -0.136. The number of H-pyrrole nitrogens is 1. The summed E-state index contributed by atoms with van der Waals surface area (Å²) in [4.78, 5) is 12.5. The Morgan fingerprint density at radius 2 is 1.83 bits per heavy atom. The maximum atomic E-state index is 11.1. The summed E-state index contributed by atoms with van der Waals surface area (Å²) in [6, 6.07) is 21.0. The lowest BCUT2D eigenvalue weighted by Gasteiger charge is -2.26. The van der Waals surface area contributed by atoms with Crippen LogP contribution >= 0.6 is 27.3 Å². The van der Waals surface area contributed by atoms with Gasteiger partial charge in [-0.05, 0) is 92.2 Å². The molecule has 2 aromatic heterocycles. The van der Waals surface area contributed by atoms with Crippen molar-refractivity contribution in [2.45, 2.75) is 32.1 Å². The molecule has 5 aromatic rings. The van der Waals surface area contributed by atoms with Crippen LogP contribution < -0.4 is 5.56 Å². The van der Waals surface area contributed by atoms with E-state index in [1.807, 2.05) is 29.5 Å². The van der Waals surface area contributed by atoms with Gasteiger partial charge in [0.1, 0.15) is 0 Å². The van der Waals surface area contributed by atoms with E-state index in [2.05, 4.69) is 80.1 Å². The smallest absolute Gasteiger partial charge is 0.267 e. The van der Waals surface area contributed by atoms with E-state index in [1.165, 1.54) is 62.5 Å². The van der Waals surface area contributed by atoms with Crippen LogP contribution in [-0.2, 0) is 12.8 Å². The first-order chi connectivity index (χ1) is 17.7. The minimum absolute atomic E-state index is 0.136. The second kappa shape index (κ2) is 10.00. The number of hydrogen-bond acceptors (Lipinski definition) is 3.